The van der Waals surface area contributed by atoms with Gasteiger partial charge >= 0.3 is 0 Å². The van der Waals surface area contributed by atoms with E-state index in [2.05, 4.69) is 6.58 Å². The second-order valence-corrected chi connectivity index (χ2v) is 6.16. The van der Waals surface area contributed by atoms with Crippen molar-refractivity contribution in [2.45, 2.75) is 19.3 Å². The third kappa shape index (κ3) is 3.72. The molecule has 4 nitrogen and oxygen atoms in total. The zero-order chi connectivity index (χ0) is 18.5. The molecule has 2 aromatic rings. The Hall–Kier alpha value is -2.82. The number of aryl methyl sites for hydroxylation is 1. The van der Waals surface area contributed by atoms with E-state index >= 15 is 0 Å². The molecule has 0 bridgehead atoms. The smallest absolute Gasteiger partial charge is 0.265 e. The lowest BCUT2D eigenvalue weighted by Gasteiger charge is -2.29. The maximum Gasteiger partial charge on any atom is 0.265 e. The van der Waals surface area contributed by atoms with Gasteiger partial charge in [0.05, 0.1) is 12.8 Å². The zero-order valence-electron chi connectivity index (χ0n) is 14.8. The predicted molar refractivity (Wildman–Crippen MR) is 99.5 cm³/mol. The van der Waals surface area contributed by atoms with Crippen molar-refractivity contribution < 1.29 is 18.7 Å². The van der Waals surface area contributed by atoms with Crippen molar-refractivity contribution in [3.63, 3.8) is 0 Å². The highest BCUT2D eigenvalue weighted by atomic mass is 19.1. The number of rotatable bonds is 6. The lowest BCUT2D eigenvalue weighted by Crippen LogP contribution is -2.39. The molecule has 5 heteroatoms. The molecule has 0 spiro atoms. The SMILES string of the molecule is C=CCc1ccc(OCC(=O)N2CCCc3cccc(F)c32)c(OC)c1. The molecule has 0 unspecified atom stereocenters. The highest BCUT2D eigenvalue weighted by Crippen LogP contribution is 2.31. The molecule has 0 atom stereocenters. The number of nitrogens with zero attached hydrogens (tertiary/aromatic N) is 1. The van der Waals surface area contributed by atoms with E-state index in [4.69, 9.17) is 9.47 Å². The van der Waals surface area contributed by atoms with Gasteiger partial charge in [-0.05, 0) is 48.6 Å². The maximum absolute atomic E-state index is 14.2. The summed E-state index contributed by atoms with van der Waals surface area (Å²) in [6.07, 6.45) is 4.11. The van der Waals surface area contributed by atoms with Crippen LogP contribution in [0.3, 0.4) is 0 Å². The van der Waals surface area contributed by atoms with Gasteiger partial charge in [0, 0.05) is 6.54 Å². The quantitative estimate of drug-likeness (QED) is 0.737. The molecule has 26 heavy (non-hydrogen) atoms. The standard InChI is InChI=1S/C21H22FNO3/c1-3-6-15-10-11-18(19(13-15)25-2)26-14-20(24)23-12-5-8-16-7-4-9-17(22)21(16)23/h3-4,7,9-11,13H,1,5-6,8,12,14H2,2H3. The molecule has 0 radical (unpaired) electrons. The molecule has 0 saturated carbocycles. The van der Waals surface area contributed by atoms with Crippen LogP contribution in [0, 0.1) is 5.82 Å². The fraction of sp³-hybridized carbons (Fsp3) is 0.286. The first-order valence-corrected chi connectivity index (χ1v) is 8.62. The fourth-order valence-corrected chi connectivity index (χ4v) is 3.20. The summed E-state index contributed by atoms with van der Waals surface area (Å²) >= 11 is 0. The molecular weight excluding hydrogens is 333 g/mol. The largest absolute Gasteiger partial charge is 0.493 e. The number of halogens is 1. The number of allylic oxidation sites excluding steroid dienone is 1. The Bertz CT molecular complexity index is 819. The van der Waals surface area contributed by atoms with Crippen molar-refractivity contribution >= 4 is 11.6 Å². The summed E-state index contributed by atoms with van der Waals surface area (Å²) < 4.78 is 25.2. The summed E-state index contributed by atoms with van der Waals surface area (Å²) in [6, 6.07) is 10.5. The number of methoxy groups -OCH3 is 1. The first-order chi connectivity index (χ1) is 12.6. The minimum Gasteiger partial charge on any atom is -0.493 e. The van der Waals surface area contributed by atoms with Crippen molar-refractivity contribution in [1.29, 1.82) is 0 Å². The van der Waals surface area contributed by atoms with Crippen molar-refractivity contribution in [1.82, 2.24) is 0 Å². The van der Waals surface area contributed by atoms with Crippen LogP contribution in [0.5, 0.6) is 11.5 Å². The second-order valence-electron chi connectivity index (χ2n) is 6.16. The number of carbonyl (C=O) groups is 1. The number of ether oxygens (including phenoxy) is 2. The summed E-state index contributed by atoms with van der Waals surface area (Å²) in [7, 11) is 1.55. The van der Waals surface area contributed by atoms with Crippen molar-refractivity contribution in [3.8, 4) is 11.5 Å². The van der Waals surface area contributed by atoms with Crippen LogP contribution in [-0.4, -0.2) is 26.2 Å². The Kier molecular flexibility index (Phi) is 5.56. The number of para-hydroxylation sites is 1. The van der Waals surface area contributed by atoms with Gasteiger partial charge in [-0.2, -0.15) is 0 Å². The molecule has 0 N–H and O–H groups in total. The molecule has 3 rings (SSSR count). The van der Waals surface area contributed by atoms with Gasteiger partial charge in [0.2, 0.25) is 0 Å². The number of fused-ring (bicyclic) bond motifs is 1. The lowest BCUT2D eigenvalue weighted by molar-refractivity contribution is -0.120. The number of carbonyl (C=O) groups excluding carboxylic acids is 1. The Morgan fingerprint density at radius 1 is 1.31 bits per heavy atom. The van der Waals surface area contributed by atoms with Gasteiger partial charge in [-0.3, -0.25) is 4.79 Å². The summed E-state index contributed by atoms with van der Waals surface area (Å²) in [5.41, 5.74) is 2.28. The van der Waals surface area contributed by atoms with Crippen LogP contribution in [0.25, 0.3) is 0 Å². The highest BCUT2D eigenvalue weighted by molar-refractivity contribution is 5.95. The Labute approximate surface area is 152 Å². The van der Waals surface area contributed by atoms with Crippen LogP contribution in [-0.2, 0) is 17.6 Å². The second kappa shape index (κ2) is 8.04. The topological polar surface area (TPSA) is 38.8 Å². The first-order valence-electron chi connectivity index (χ1n) is 8.62. The van der Waals surface area contributed by atoms with E-state index in [-0.39, 0.29) is 18.3 Å². The highest BCUT2D eigenvalue weighted by Gasteiger charge is 2.26. The monoisotopic (exact) mass is 355 g/mol. The molecule has 0 aromatic heterocycles. The van der Waals surface area contributed by atoms with Gasteiger partial charge < -0.3 is 14.4 Å². The third-order valence-corrected chi connectivity index (χ3v) is 4.43. The van der Waals surface area contributed by atoms with Gasteiger partial charge in [0.15, 0.2) is 18.1 Å². The van der Waals surface area contributed by atoms with Crippen molar-refractivity contribution in [2.24, 2.45) is 0 Å². The summed E-state index contributed by atoms with van der Waals surface area (Å²) in [5, 5.41) is 0. The van der Waals surface area contributed by atoms with E-state index in [0.717, 1.165) is 30.4 Å². The molecule has 1 heterocycles. The summed E-state index contributed by atoms with van der Waals surface area (Å²) in [6.45, 7) is 4.03. The molecule has 0 saturated heterocycles. The van der Waals surface area contributed by atoms with Gasteiger partial charge in [-0.1, -0.05) is 24.3 Å². The molecule has 1 amide bonds. The predicted octanol–water partition coefficient (Wildman–Crippen LogP) is 3.92. The molecule has 0 fully saturated rings. The lowest BCUT2D eigenvalue weighted by atomic mass is 10.0. The normalized spacial score (nSPS) is 13.1. The van der Waals surface area contributed by atoms with Gasteiger partial charge in [0.1, 0.15) is 5.82 Å². The minimum absolute atomic E-state index is 0.176. The fourth-order valence-electron chi connectivity index (χ4n) is 3.20. The van der Waals surface area contributed by atoms with Crippen molar-refractivity contribution in [3.05, 3.63) is 66.0 Å². The van der Waals surface area contributed by atoms with E-state index < -0.39 is 0 Å². The summed E-state index contributed by atoms with van der Waals surface area (Å²) in [5.74, 6) is 0.400. The average Bonchev–Trinajstić information content (AvgIpc) is 2.66. The van der Waals surface area contributed by atoms with Crippen LogP contribution < -0.4 is 14.4 Å². The first kappa shape index (κ1) is 18.0. The Morgan fingerprint density at radius 3 is 2.92 bits per heavy atom. The molecule has 2 aromatic carbocycles. The van der Waals surface area contributed by atoms with E-state index in [1.807, 2.05) is 18.2 Å². The third-order valence-electron chi connectivity index (χ3n) is 4.43. The Morgan fingerprint density at radius 2 is 2.15 bits per heavy atom. The number of hydrogen-bond acceptors (Lipinski definition) is 3. The zero-order valence-corrected chi connectivity index (χ0v) is 14.8. The number of amides is 1. The maximum atomic E-state index is 14.2. The molecule has 1 aliphatic heterocycles. The number of anilines is 1. The van der Waals surface area contributed by atoms with Crippen LogP contribution >= 0.6 is 0 Å². The van der Waals surface area contributed by atoms with Gasteiger partial charge in [0.25, 0.3) is 5.91 Å². The molecule has 1 aliphatic rings. The van der Waals surface area contributed by atoms with E-state index in [1.54, 1.807) is 25.3 Å². The molecule has 136 valence electrons. The molecular formula is C21H22FNO3. The molecule has 0 aliphatic carbocycles. The van der Waals surface area contributed by atoms with Crippen LogP contribution in [0.15, 0.2) is 49.1 Å². The van der Waals surface area contributed by atoms with E-state index in [9.17, 15) is 9.18 Å². The van der Waals surface area contributed by atoms with Crippen molar-refractivity contribution in [2.75, 3.05) is 25.2 Å². The summed E-state index contributed by atoms with van der Waals surface area (Å²) in [4.78, 5) is 14.1. The van der Waals surface area contributed by atoms with E-state index in [1.165, 1.54) is 11.0 Å². The Balaban J connectivity index is 1.73. The van der Waals surface area contributed by atoms with Crippen LogP contribution in [0.4, 0.5) is 10.1 Å². The van der Waals surface area contributed by atoms with E-state index in [0.29, 0.717) is 23.7 Å². The van der Waals surface area contributed by atoms with Gasteiger partial charge in [-0.25, -0.2) is 4.39 Å². The average molecular weight is 355 g/mol. The van der Waals surface area contributed by atoms with Crippen LogP contribution in [0.2, 0.25) is 0 Å². The minimum atomic E-state index is -0.373. The number of benzene rings is 2. The van der Waals surface area contributed by atoms with Gasteiger partial charge in [-0.15, -0.1) is 6.58 Å². The van der Waals surface area contributed by atoms with Crippen LogP contribution in [0.1, 0.15) is 17.5 Å². The number of hydrogen-bond donors (Lipinski definition) is 0.